The summed E-state index contributed by atoms with van der Waals surface area (Å²) in [5.74, 6) is 0.144. The van der Waals surface area contributed by atoms with Gasteiger partial charge in [0.2, 0.25) is 6.41 Å². The number of imide groups is 1. The van der Waals surface area contributed by atoms with Gasteiger partial charge in [-0.2, -0.15) is 0 Å². The number of likely N-dealkylation sites (N-methyl/N-ethyl adjacent to an activating group) is 1. The number of urea groups is 1. The Bertz CT molecular complexity index is 973. The molecule has 3 rings (SSSR count). The van der Waals surface area contributed by atoms with E-state index in [2.05, 4.69) is 0 Å². The highest BCUT2D eigenvalue weighted by Crippen LogP contribution is 2.27. The molecule has 2 aromatic rings. The van der Waals surface area contributed by atoms with E-state index in [1.54, 1.807) is 26.0 Å². The predicted molar refractivity (Wildman–Crippen MR) is 115 cm³/mol. The summed E-state index contributed by atoms with van der Waals surface area (Å²) in [6.07, 6.45) is 0.231. The summed E-state index contributed by atoms with van der Waals surface area (Å²) in [6, 6.07) is 14.1. The van der Waals surface area contributed by atoms with Gasteiger partial charge < -0.3 is 9.64 Å². The summed E-state index contributed by atoms with van der Waals surface area (Å²) in [6.45, 7) is 5.05. The zero-order valence-electron chi connectivity index (χ0n) is 18.1. The van der Waals surface area contributed by atoms with Crippen LogP contribution < -0.4 is 4.74 Å². The molecule has 4 amide bonds. The molecule has 0 spiro atoms. The number of carbonyl (C=O) groups excluding carboxylic acids is 3. The number of benzene rings is 2. The van der Waals surface area contributed by atoms with Crippen LogP contribution in [0, 0.1) is 6.92 Å². The standard InChI is InChI=1S/C23H27N3O5/c1-16-7-5-6-8-20(16)17-9-11-19(12-10-17)31-14-18(26(30)15-27)13-25-21(28)23(2,3)24(4)22(25)29/h5-12,15,18,30H,13-14H2,1-4H3. The Morgan fingerprint density at radius 3 is 2.32 bits per heavy atom. The quantitative estimate of drug-likeness (QED) is 0.304. The van der Waals surface area contributed by atoms with Gasteiger partial charge in [0.15, 0.2) is 0 Å². The van der Waals surface area contributed by atoms with Crippen molar-refractivity contribution in [3.8, 4) is 16.9 Å². The Balaban J connectivity index is 1.70. The first-order valence-corrected chi connectivity index (χ1v) is 9.98. The SMILES string of the molecule is Cc1ccccc1-c1ccc(OCC(CN2C(=O)N(C)C(C)(C)C2=O)N(O)C=O)cc1. The van der Waals surface area contributed by atoms with Crippen molar-refractivity contribution in [3.05, 3.63) is 54.1 Å². The van der Waals surface area contributed by atoms with Gasteiger partial charge in [-0.1, -0.05) is 36.4 Å². The summed E-state index contributed by atoms with van der Waals surface area (Å²) in [5, 5.41) is 10.4. The van der Waals surface area contributed by atoms with E-state index in [4.69, 9.17) is 4.74 Å². The minimum absolute atomic E-state index is 0.0971. The van der Waals surface area contributed by atoms with Crippen LogP contribution in [0.25, 0.3) is 11.1 Å². The van der Waals surface area contributed by atoms with Gasteiger partial charge in [0.1, 0.15) is 23.9 Å². The topological polar surface area (TPSA) is 90.4 Å². The van der Waals surface area contributed by atoms with E-state index >= 15 is 0 Å². The van der Waals surface area contributed by atoms with Gasteiger partial charge in [-0.25, -0.2) is 9.86 Å². The second kappa shape index (κ2) is 8.77. The van der Waals surface area contributed by atoms with Gasteiger partial charge in [-0.05, 0) is 49.6 Å². The van der Waals surface area contributed by atoms with Crippen LogP contribution in [0.3, 0.4) is 0 Å². The molecule has 1 aliphatic heterocycles. The molecule has 1 aliphatic rings. The molecule has 1 N–H and O–H groups in total. The maximum absolute atomic E-state index is 12.6. The molecule has 0 aromatic heterocycles. The number of hydrogen-bond acceptors (Lipinski definition) is 5. The lowest BCUT2D eigenvalue weighted by Gasteiger charge is -2.26. The summed E-state index contributed by atoms with van der Waals surface area (Å²) in [5.41, 5.74) is 2.32. The van der Waals surface area contributed by atoms with Gasteiger partial charge in [0, 0.05) is 7.05 Å². The molecule has 0 bridgehead atoms. The Kier molecular flexibility index (Phi) is 6.31. The van der Waals surface area contributed by atoms with E-state index < -0.39 is 23.5 Å². The number of hydrogen-bond donors (Lipinski definition) is 1. The van der Waals surface area contributed by atoms with Crippen LogP contribution in [0.2, 0.25) is 0 Å². The number of rotatable bonds is 8. The molecule has 1 saturated heterocycles. The lowest BCUT2D eigenvalue weighted by Crippen LogP contribution is -2.48. The van der Waals surface area contributed by atoms with Gasteiger partial charge in [0.25, 0.3) is 5.91 Å². The Hall–Kier alpha value is -3.39. The molecule has 8 nitrogen and oxygen atoms in total. The number of nitrogens with zero attached hydrogens (tertiary/aromatic N) is 3. The smallest absolute Gasteiger partial charge is 0.327 e. The Morgan fingerprint density at radius 2 is 1.77 bits per heavy atom. The maximum atomic E-state index is 12.6. The van der Waals surface area contributed by atoms with E-state index in [1.807, 2.05) is 43.3 Å². The van der Waals surface area contributed by atoms with Crippen molar-refractivity contribution >= 4 is 18.3 Å². The molecule has 0 saturated carbocycles. The molecule has 0 aliphatic carbocycles. The summed E-state index contributed by atoms with van der Waals surface area (Å²) in [4.78, 5) is 38.6. The molecule has 1 unspecified atom stereocenters. The van der Waals surface area contributed by atoms with Crippen molar-refractivity contribution in [2.45, 2.75) is 32.4 Å². The van der Waals surface area contributed by atoms with Crippen LogP contribution in [0.15, 0.2) is 48.5 Å². The van der Waals surface area contributed by atoms with Crippen molar-refractivity contribution in [1.82, 2.24) is 14.9 Å². The summed E-state index contributed by atoms with van der Waals surface area (Å²) < 4.78 is 5.75. The largest absolute Gasteiger partial charge is 0.491 e. The lowest BCUT2D eigenvalue weighted by atomic mass is 10.0. The Labute approximate surface area is 181 Å². The van der Waals surface area contributed by atoms with Gasteiger partial charge >= 0.3 is 6.03 Å². The van der Waals surface area contributed by atoms with Crippen LogP contribution in [0.1, 0.15) is 19.4 Å². The average molecular weight is 425 g/mol. The summed E-state index contributed by atoms with van der Waals surface area (Å²) >= 11 is 0. The number of ether oxygens (including phenoxy) is 1. The number of aryl methyl sites for hydroxylation is 1. The lowest BCUT2D eigenvalue weighted by molar-refractivity contribution is -0.165. The van der Waals surface area contributed by atoms with Crippen molar-refractivity contribution < 1.29 is 24.3 Å². The highest BCUT2D eigenvalue weighted by atomic mass is 16.5. The third-order valence-corrected chi connectivity index (χ3v) is 5.75. The fraction of sp³-hybridized carbons (Fsp3) is 0.348. The first-order chi connectivity index (χ1) is 14.7. The maximum Gasteiger partial charge on any atom is 0.327 e. The normalized spacial score (nSPS) is 16.4. The highest BCUT2D eigenvalue weighted by molar-refractivity contribution is 6.06. The van der Waals surface area contributed by atoms with E-state index in [-0.39, 0.29) is 19.6 Å². The molecule has 31 heavy (non-hydrogen) atoms. The predicted octanol–water partition coefficient (Wildman–Crippen LogP) is 2.93. The Morgan fingerprint density at radius 1 is 1.13 bits per heavy atom. The molecule has 8 heteroatoms. The number of hydroxylamine groups is 2. The van der Waals surface area contributed by atoms with Crippen molar-refractivity contribution in [1.29, 1.82) is 0 Å². The third kappa shape index (κ3) is 4.39. The fourth-order valence-electron chi connectivity index (χ4n) is 3.47. The molecule has 1 heterocycles. The minimum Gasteiger partial charge on any atom is -0.491 e. The van der Waals surface area contributed by atoms with E-state index in [1.165, 1.54) is 11.9 Å². The zero-order valence-corrected chi connectivity index (χ0v) is 18.1. The third-order valence-electron chi connectivity index (χ3n) is 5.75. The van der Waals surface area contributed by atoms with Crippen molar-refractivity contribution in [2.75, 3.05) is 20.2 Å². The van der Waals surface area contributed by atoms with Crippen LogP contribution >= 0.6 is 0 Å². The fourth-order valence-corrected chi connectivity index (χ4v) is 3.47. The molecular formula is C23H27N3O5. The van der Waals surface area contributed by atoms with Crippen molar-refractivity contribution in [2.24, 2.45) is 0 Å². The number of amides is 4. The minimum atomic E-state index is -0.991. The zero-order chi connectivity index (χ0) is 22.8. The van der Waals surface area contributed by atoms with Crippen LogP contribution in [-0.2, 0) is 9.59 Å². The van der Waals surface area contributed by atoms with Gasteiger partial charge in [0.05, 0.1) is 6.54 Å². The molecule has 1 fully saturated rings. The molecule has 0 radical (unpaired) electrons. The van der Waals surface area contributed by atoms with E-state index in [0.717, 1.165) is 21.6 Å². The summed E-state index contributed by atoms with van der Waals surface area (Å²) in [7, 11) is 1.54. The van der Waals surface area contributed by atoms with Crippen LogP contribution in [0.5, 0.6) is 5.75 Å². The van der Waals surface area contributed by atoms with Crippen molar-refractivity contribution in [3.63, 3.8) is 0 Å². The average Bonchev–Trinajstić information content (AvgIpc) is 2.91. The van der Waals surface area contributed by atoms with Crippen LogP contribution in [0.4, 0.5) is 4.79 Å². The molecule has 2 aromatic carbocycles. The first kappa shape index (κ1) is 22.3. The first-order valence-electron chi connectivity index (χ1n) is 9.98. The van der Waals surface area contributed by atoms with E-state index in [9.17, 15) is 19.6 Å². The number of carbonyl (C=O) groups is 3. The van der Waals surface area contributed by atoms with Gasteiger partial charge in [-0.3, -0.25) is 19.7 Å². The molecule has 1 atom stereocenters. The second-order valence-electron chi connectivity index (χ2n) is 8.11. The highest BCUT2D eigenvalue weighted by Gasteiger charge is 2.50. The van der Waals surface area contributed by atoms with Crippen LogP contribution in [-0.4, -0.2) is 70.2 Å². The molecular weight excluding hydrogens is 398 g/mol. The van der Waals surface area contributed by atoms with Gasteiger partial charge in [-0.15, -0.1) is 0 Å². The second-order valence-corrected chi connectivity index (χ2v) is 8.11. The molecule has 164 valence electrons. The van der Waals surface area contributed by atoms with E-state index in [0.29, 0.717) is 10.8 Å². The monoisotopic (exact) mass is 425 g/mol.